The quantitative estimate of drug-likeness (QED) is 0.795. The maximum absolute atomic E-state index is 10.4. The maximum Gasteiger partial charge on any atom is 0.135 e. The van der Waals surface area contributed by atoms with E-state index in [1.165, 1.54) is 0 Å². The molecule has 20 heavy (non-hydrogen) atoms. The van der Waals surface area contributed by atoms with Gasteiger partial charge in [-0.2, -0.15) is 0 Å². The Labute approximate surface area is 131 Å². The van der Waals surface area contributed by atoms with Crippen LogP contribution in [0.25, 0.3) is 0 Å². The summed E-state index contributed by atoms with van der Waals surface area (Å²) in [6.07, 6.45) is -0.0737. The minimum atomic E-state index is -0.633. The van der Waals surface area contributed by atoms with Crippen molar-refractivity contribution in [2.24, 2.45) is 0 Å². The molecular formula is C16H14BrClO2. The first-order valence-corrected chi connectivity index (χ1v) is 7.58. The summed E-state index contributed by atoms with van der Waals surface area (Å²) in [7, 11) is 0. The summed E-state index contributed by atoms with van der Waals surface area (Å²) in [5.74, 6) is 0.715. The van der Waals surface area contributed by atoms with Gasteiger partial charge in [-0.05, 0) is 25.1 Å². The largest absolute Gasteiger partial charge is 0.482 e. The van der Waals surface area contributed by atoms with Crippen LogP contribution in [0.15, 0.2) is 46.9 Å². The molecule has 1 N–H and O–H groups in total. The second-order valence-electron chi connectivity index (χ2n) is 5.21. The van der Waals surface area contributed by atoms with E-state index in [4.69, 9.17) is 16.3 Å². The van der Waals surface area contributed by atoms with Gasteiger partial charge < -0.3 is 9.84 Å². The fourth-order valence-corrected chi connectivity index (χ4v) is 3.57. The molecule has 0 aliphatic carbocycles. The zero-order chi connectivity index (χ0) is 14.3. The molecule has 4 heteroatoms. The van der Waals surface area contributed by atoms with Crippen LogP contribution in [0.1, 0.15) is 30.6 Å². The SMILES string of the molecule is CC1(c2ccc(Br)cc2Cl)C[C@@H](O)c2ccccc2O1. The molecule has 0 fully saturated rings. The van der Waals surface area contributed by atoms with Gasteiger partial charge >= 0.3 is 0 Å². The third-order valence-electron chi connectivity index (χ3n) is 3.70. The molecule has 104 valence electrons. The highest BCUT2D eigenvalue weighted by Gasteiger charge is 2.39. The smallest absolute Gasteiger partial charge is 0.135 e. The van der Waals surface area contributed by atoms with Gasteiger partial charge in [0.05, 0.1) is 6.10 Å². The Morgan fingerprint density at radius 3 is 2.80 bits per heavy atom. The maximum atomic E-state index is 10.4. The third kappa shape index (κ3) is 2.34. The van der Waals surface area contributed by atoms with Crippen LogP contribution in [-0.2, 0) is 5.60 Å². The number of para-hydroxylation sites is 1. The lowest BCUT2D eigenvalue weighted by atomic mass is 9.85. The zero-order valence-electron chi connectivity index (χ0n) is 10.9. The van der Waals surface area contributed by atoms with Crippen molar-refractivity contribution in [3.8, 4) is 5.75 Å². The normalized spacial score (nSPS) is 24.9. The number of rotatable bonds is 1. The predicted molar refractivity (Wildman–Crippen MR) is 83.2 cm³/mol. The van der Waals surface area contributed by atoms with Crippen molar-refractivity contribution in [1.82, 2.24) is 0 Å². The van der Waals surface area contributed by atoms with Crippen molar-refractivity contribution in [3.63, 3.8) is 0 Å². The number of aliphatic hydroxyl groups is 1. The highest BCUT2D eigenvalue weighted by atomic mass is 79.9. The Morgan fingerprint density at radius 1 is 1.30 bits per heavy atom. The highest BCUT2D eigenvalue weighted by Crippen LogP contribution is 2.46. The predicted octanol–water partition coefficient (Wildman–Crippen LogP) is 4.83. The number of halogens is 2. The van der Waals surface area contributed by atoms with E-state index >= 15 is 0 Å². The molecule has 0 saturated heterocycles. The molecule has 2 nitrogen and oxygen atoms in total. The summed E-state index contributed by atoms with van der Waals surface area (Å²) in [6.45, 7) is 1.96. The topological polar surface area (TPSA) is 29.5 Å². The van der Waals surface area contributed by atoms with Gasteiger partial charge in [-0.3, -0.25) is 0 Å². The van der Waals surface area contributed by atoms with Crippen LogP contribution in [0.3, 0.4) is 0 Å². The van der Waals surface area contributed by atoms with E-state index < -0.39 is 11.7 Å². The Kier molecular flexibility index (Phi) is 3.53. The van der Waals surface area contributed by atoms with Gasteiger partial charge in [0.1, 0.15) is 11.4 Å². The van der Waals surface area contributed by atoms with E-state index in [9.17, 15) is 5.11 Å². The number of fused-ring (bicyclic) bond motifs is 1. The second-order valence-corrected chi connectivity index (χ2v) is 6.54. The molecule has 2 aromatic carbocycles. The van der Waals surface area contributed by atoms with E-state index in [1.54, 1.807) is 0 Å². The van der Waals surface area contributed by atoms with Crippen LogP contribution in [-0.4, -0.2) is 5.11 Å². The summed E-state index contributed by atoms with van der Waals surface area (Å²) >= 11 is 9.74. The van der Waals surface area contributed by atoms with Gasteiger partial charge in [-0.25, -0.2) is 0 Å². The van der Waals surface area contributed by atoms with Crippen molar-refractivity contribution >= 4 is 27.5 Å². The lowest BCUT2D eigenvalue weighted by Gasteiger charge is -2.39. The second kappa shape index (κ2) is 5.06. The summed E-state index contributed by atoms with van der Waals surface area (Å²) < 4.78 is 7.06. The number of hydrogen-bond acceptors (Lipinski definition) is 2. The fourth-order valence-electron chi connectivity index (χ4n) is 2.70. The summed E-state index contributed by atoms with van der Waals surface area (Å²) in [5, 5.41) is 11.0. The van der Waals surface area contributed by atoms with Gasteiger partial charge in [0.15, 0.2) is 0 Å². The molecule has 1 unspecified atom stereocenters. The monoisotopic (exact) mass is 352 g/mol. The van der Waals surface area contributed by atoms with E-state index in [1.807, 2.05) is 49.4 Å². The van der Waals surface area contributed by atoms with E-state index in [-0.39, 0.29) is 0 Å². The van der Waals surface area contributed by atoms with Crippen molar-refractivity contribution in [2.75, 3.05) is 0 Å². The van der Waals surface area contributed by atoms with E-state index in [0.29, 0.717) is 17.2 Å². The van der Waals surface area contributed by atoms with Crippen LogP contribution in [0.2, 0.25) is 5.02 Å². The van der Waals surface area contributed by atoms with Crippen LogP contribution in [0.4, 0.5) is 0 Å². The first-order chi connectivity index (χ1) is 9.49. The fraction of sp³-hybridized carbons (Fsp3) is 0.250. The van der Waals surface area contributed by atoms with E-state index in [2.05, 4.69) is 15.9 Å². The summed E-state index contributed by atoms with van der Waals surface area (Å²) in [4.78, 5) is 0. The average molecular weight is 354 g/mol. The molecule has 1 aliphatic heterocycles. The van der Waals surface area contributed by atoms with Crippen molar-refractivity contribution in [3.05, 3.63) is 63.1 Å². The summed E-state index contributed by atoms with van der Waals surface area (Å²) in [6, 6.07) is 13.3. The standard InChI is InChI=1S/C16H14BrClO2/c1-16(12-7-6-10(17)8-13(12)18)9-14(19)11-4-2-3-5-15(11)20-16/h2-8,14,19H,9H2,1H3/t14-,16?/m1/s1. The minimum Gasteiger partial charge on any atom is -0.482 e. The molecule has 0 bridgehead atoms. The molecule has 1 heterocycles. The number of benzene rings is 2. The Morgan fingerprint density at radius 2 is 2.05 bits per heavy atom. The molecule has 2 aromatic rings. The van der Waals surface area contributed by atoms with Crippen molar-refractivity contribution < 1.29 is 9.84 Å². The lowest BCUT2D eigenvalue weighted by molar-refractivity contribution is -0.00477. The summed E-state index contributed by atoms with van der Waals surface area (Å²) in [5.41, 5.74) is 1.08. The number of ether oxygens (including phenoxy) is 1. The molecule has 0 saturated carbocycles. The Hall–Kier alpha value is -1.03. The Bertz CT molecular complexity index is 659. The van der Waals surface area contributed by atoms with Gasteiger partial charge in [-0.15, -0.1) is 0 Å². The molecule has 0 amide bonds. The molecule has 2 atom stereocenters. The van der Waals surface area contributed by atoms with Gasteiger partial charge in [0.25, 0.3) is 0 Å². The van der Waals surface area contributed by atoms with Gasteiger partial charge in [0.2, 0.25) is 0 Å². The van der Waals surface area contributed by atoms with Crippen LogP contribution < -0.4 is 4.74 Å². The third-order valence-corrected chi connectivity index (χ3v) is 4.50. The first-order valence-electron chi connectivity index (χ1n) is 6.41. The number of aliphatic hydroxyl groups excluding tert-OH is 1. The molecule has 0 radical (unpaired) electrons. The molecule has 0 spiro atoms. The minimum absolute atomic E-state index is 0.478. The van der Waals surface area contributed by atoms with Crippen molar-refractivity contribution in [2.45, 2.75) is 25.0 Å². The molecule has 1 aliphatic rings. The highest BCUT2D eigenvalue weighted by molar-refractivity contribution is 9.10. The number of hydrogen-bond donors (Lipinski definition) is 1. The lowest BCUT2D eigenvalue weighted by Crippen LogP contribution is -2.35. The molecular weight excluding hydrogens is 340 g/mol. The van der Waals surface area contributed by atoms with E-state index in [0.717, 1.165) is 15.6 Å². The average Bonchev–Trinajstić information content (AvgIpc) is 2.38. The molecule has 0 aromatic heterocycles. The van der Waals surface area contributed by atoms with Crippen molar-refractivity contribution in [1.29, 1.82) is 0 Å². The molecule has 3 rings (SSSR count). The first kappa shape index (κ1) is 13.9. The van der Waals surface area contributed by atoms with Gasteiger partial charge in [-0.1, -0.05) is 51.8 Å². The Balaban J connectivity index is 2.06. The zero-order valence-corrected chi connectivity index (χ0v) is 13.3. The van der Waals surface area contributed by atoms with Crippen LogP contribution in [0.5, 0.6) is 5.75 Å². The van der Waals surface area contributed by atoms with Crippen LogP contribution in [0, 0.1) is 0 Å². The van der Waals surface area contributed by atoms with Gasteiger partial charge in [0, 0.05) is 27.0 Å². The van der Waals surface area contributed by atoms with Crippen LogP contribution >= 0.6 is 27.5 Å².